The number of hydrogen-bond donors (Lipinski definition) is 1. The average Bonchev–Trinajstić information content (AvgIpc) is 3.12. The van der Waals surface area contributed by atoms with Gasteiger partial charge >= 0.3 is 12.1 Å². The Morgan fingerprint density at radius 1 is 1.14 bits per heavy atom. The molecule has 1 amide bonds. The van der Waals surface area contributed by atoms with Crippen LogP contribution in [0.15, 0.2) is 30.5 Å². The normalized spacial score (nSPS) is 12.5. The minimum atomic E-state index is -4.28. The molecule has 1 aromatic heterocycles. The van der Waals surface area contributed by atoms with Gasteiger partial charge in [-0.3, -0.25) is 4.79 Å². The fraction of sp³-hybridized carbons (Fsp3) is 0.385. The van der Waals surface area contributed by atoms with Crippen molar-refractivity contribution in [3.05, 3.63) is 52.7 Å². The van der Waals surface area contributed by atoms with Crippen molar-refractivity contribution in [3.63, 3.8) is 0 Å². The Balaban J connectivity index is 2.04. The molecule has 0 radical (unpaired) electrons. The van der Waals surface area contributed by atoms with Gasteiger partial charge in [0.15, 0.2) is 0 Å². The highest BCUT2D eigenvalue weighted by Gasteiger charge is 2.30. The number of fused-ring (bicyclic) bond motifs is 1. The van der Waals surface area contributed by atoms with E-state index in [1.807, 2.05) is 24.7 Å². The molecule has 2 aromatic carbocycles. The van der Waals surface area contributed by atoms with Crippen LogP contribution in [0.25, 0.3) is 22.0 Å². The van der Waals surface area contributed by atoms with Crippen molar-refractivity contribution in [1.82, 2.24) is 9.88 Å². The van der Waals surface area contributed by atoms with Crippen molar-refractivity contribution in [2.75, 3.05) is 20.8 Å². The van der Waals surface area contributed by atoms with Crippen LogP contribution in [0.2, 0.25) is 0 Å². The average molecular weight is 491 g/mol. The predicted octanol–water partition coefficient (Wildman–Crippen LogP) is 5.58. The number of carbonyl (C=O) groups excluding carboxylic acids is 2. The number of carbonyl (C=O) groups is 2. The summed E-state index contributed by atoms with van der Waals surface area (Å²) in [6, 6.07) is 6.91. The lowest BCUT2D eigenvalue weighted by Crippen LogP contribution is -2.30. The van der Waals surface area contributed by atoms with Gasteiger partial charge < -0.3 is 19.4 Å². The molecule has 0 spiro atoms. The number of nitrogens with zero attached hydrogens (tertiary/aromatic N) is 1. The number of aryl methyl sites for hydroxylation is 2. The summed E-state index contributed by atoms with van der Waals surface area (Å²) in [5.74, 6) is -1.13. The highest BCUT2D eigenvalue weighted by molar-refractivity contribution is 6.05. The fourth-order valence-corrected chi connectivity index (χ4v) is 4.37. The number of aromatic nitrogens is 1. The van der Waals surface area contributed by atoms with Crippen molar-refractivity contribution in [2.24, 2.45) is 13.0 Å². The Hall–Kier alpha value is -3.49. The molecule has 188 valence electrons. The van der Waals surface area contributed by atoms with E-state index in [0.717, 1.165) is 27.6 Å². The van der Waals surface area contributed by atoms with E-state index >= 15 is 0 Å². The minimum Gasteiger partial charge on any atom is -0.496 e. The predicted molar refractivity (Wildman–Crippen MR) is 128 cm³/mol. The summed E-state index contributed by atoms with van der Waals surface area (Å²) >= 11 is 0. The van der Waals surface area contributed by atoms with Crippen LogP contribution < -0.4 is 10.1 Å². The number of benzene rings is 2. The van der Waals surface area contributed by atoms with E-state index in [1.165, 1.54) is 21.1 Å². The largest absolute Gasteiger partial charge is 0.496 e. The SMILES string of the molecule is COC(=O)c1cc(C)c(-c2cn(C)c3ccc(C(=O)NC[C@H](C)CC(F)(F)F)cc23)c(OC)c1C. The molecule has 1 atom stereocenters. The number of amides is 1. The molecular formula is C26H29F3N2O4. The molecule has 3 aromatic rings. The van der Waals surface area contributed by atoms with E-state index in [2.05, 4.69) is 5.32 Å². The first-order valence-electron chi connectivity index (χ1n) is 11.1. The van der Waals surface area contributed by atoms with Gasteiger partial charge in [-0.25, -0.2) is 4.79 Å². The quantitative estimate of drug-likeness (QED) is 0.440. The molecule has 0 saturated heterocycles. The summed E-state index contributed by atoms with van der Waals surface area (Å²) < 4.78 is 50.3. The van der Waals surface area contributed by atoms with Crippen molar-refractivity contribution >= 4 is 22.8 Å². The first-order chi connectivity index (χ1) is 16.4. The molecule has 3 rings (SSSR count). The Kier molecular flexibility index (Phi) is 7.47. The zero-order chi connectivity index (χ0) is 26.1. The lowest BCUT2D eigenvalue weighted by molar-refractivity contribution is -0.142. The van der Waals surface area contributed by atoms with Gasteiger partial charge in [0.2, 0.25) is 0 Å². The topological polar surface area (TPSA) is 69.6 Å². The number of rotatable bonds is 7. The summed E-state index contributed by atoms with van der Waals surface area (Å²) in [5, 5.41) is 3.37. The highest BCUT2D eigenvalue weighted by Crippen LogP contribution is 2.42. The van der Waals surface area contributed by atoms with Crippen LogP contribution in [0.1, 0.15) is 45.2 Å². The number of ether oxygens (including phenoxy) is 2. The summed E-state index contributed by atoms with van der Waals surface area (Å²) in [4.78, 5) is 25.0. The number of halogens is 3. The molecule has 1 N–H and O–H groups in total. The van der Waals surface area contributed by atoms with E-state index < -0.39 is 30.4 Å². The number of alkyl halides is 3. The van der Waals surface area contributed by atoms with E-state index in [1.54, 1.807) is 31.2 Å². The van der Waals surface area contributed by atoms with Gasteiger partial charge in [-0.05, 0) is 49.6 Å². The zero-order valence-electron chi connectivity index (χ0n) is 20.6. The van der Waals surface area contributed by atoms with Crippen LogP contribution in [-0.4, -0.2) is 43.4 Å². The Morgan fingerprint density at radius 3 is 2.43 bits per heavy atom. The first-order valence-corrected chi connectivity index (χ1v) is 11.1. The van der Waals surface area contributed by atoms with Crippen molar-refractivity contribution < 1.29 is 32.2 Å². The molecule has 0 fully saturated rings. The standard InChI is InChI=1S/C26H29F3N2O4/c1-14(11-26(27,28)29)12-30-24(32)17-7-8-21-19(10-17)20(13-31(21)4)22-15(2)9-18(25(33)35-6)16(3)23(22)34-5/h7-10,13-14H,11-12H2,1-6H3,(H,30,32)/t14-/m1/s1. The Bertz CT molecular complexity index is 1280. The molecule has 1 heterocycles. The summed E-state index contributed by atoms with van der Waals surface area (Å²) in [5.41, 5.74) is 4.59. The van der Waals surface area contributed by atoms with Crippen molar-refractivity contribution in [1.29, 1.82) is 0 Å². The van der Waals surface area contributed by atoms with Gasteiger partial charge in [-0.2, -0.15) is 13.2 Å². The molecule has 6 nitrogen and oxygen atoms in total. The molecule has 0 unspecified atom stereocenters. The van der Waals surface area contributed by atoms with E-state index in [-0.39, 0.29) is 6.54 Å². The second-order valence-electron chi connectivity index (χ2n) is 8.79. The van der Waals surface area contributed by atoms with Gasteiger partial charge in [0, 0.05) is 59.4 Å². The van der Waals surface area contributed by atoms with E-state index in [0.29, 0.717) is 22.4 Å². The summed E-state index contributed by atoms with van der Waals surface area (Å²) in [6.45, 7) is 5.00. The Morgan fingerprint density at radius 2 is 1.83 bits per heavy atom. The van der Waals surface area contributed by atoms with E-state index in [9.17, 15) is 22.8 Å². The maximum absolute atomic E-state index is 12.7. The highest BCUT2D eigenvalue weighted by atomic mass is 19.4. The smallest absolute Gasteiger partial charge is 0.389 e. The molecule has 0 aliphatic carbocycles. The second kappa shape index (κ2) is 10.0. The molecule has 0 aliphatic heterocycles. The third-order valence-corrected chi connectivity index (χ3v) is 6.05. The Labute approximate surface area is 202 Å². The van der Waals surface area contributed by atoms with Gasteiger partial charge in [-0.1, -0.05) is 6.92 Å². The first kappa shape index (κ1) is 26.1. The van der Waals surface area contributed by atoms with Gasteiger partial charge in [0.25, 0.3) is 5.91 Å². The maximum Gasteiger partial charge on any atom is 0.389 e. The molecule has 35 heavy (non-hydrogen) atoms. The molecule has 0 saturated carbocycles. The van der Waals surface area contributed by atoms with Crippen LogP contribution in [0, 0.1) is 19.8 Å². The maximum atomic E-state index is 12.7. The van der Waals surface area contributed by atoms with Gasteiger partial charge in [0.1, 0.15) is 5.75 Å². The van der Waals surface area contributed by atoms with Gasteiger partial charge in [-0.15, -0.1) is 0 Å². The number of nitrogens with one attached hydrogen (secondary N) is 1. The monoisotopic (exact) mass is 490 g/mol. The van der Waals surface area contributed by atoms with Crippen molar-refractivity contribution in [3.8, 4) is 16.9 Å². The lowest BCUT2D eigenvalue weighted by atomic mass is 9.92. The van der Waals surface area contributed by atoms with Crippen molar-refractivity contribution in [2.45, 2.75) is 33.4 Å². The molecule has 0 aliphatic rings. The number of methoxy groups -OCH3 is 2. The molecule has 0 bridgehead atoms. The van der Waals surface area contributed by atoms with Crippen LogP contribution in [0.4, 0.5) is 13.2 Å². The summed E-state index contributed by atoms with van der Waals surface area (Å²) in [7, 11) is 4.72. The molecular weight excluding hydrogens is 461 g/mol. The van der Waals surface area contributed by atoms with Crippen LogP contribution in [0.5, 0.6) is 5.75 Å². The second-order valence-corrected chi connectivity index (χ2v) is 8.79. The number of esters is 1. The number of hydrogen-bond acceptors (Lipinski definition) is 4. The van der Waals surface area contributed by atoms with Crippen LogP contribution in [0.3, 0.4) is 0 Å². The molecule has 9 heteroatoms. The van der Waals surface area contributed by atoms with Crippen LogP contribution >= 0.6 is 0 Å². The lowest BCUT2D eigenvalue weighted by Gasteiger charge is -2.17. The third-order valence-electron chi connectivity index (χ3n) is 6.05. The third kappa shape index (κ3) is 5.44. The van der Waals surface area contributed by atoms with E-state index in [4.69, 9.17) is 9.47 Å². The minimum absolute atomic E-state index is 0.0842. The van der Waals surface area contributed by atoms with Gasteiger partial charge in [0.05, 0.1) is 19.8 Å². The fourth-order valence-electron chi connectivity index (χ4n) is 4.37. The van der Waals surface area contributed by atoms with Crippen LogP contribution in [-0.2, 0) is 11.8 Å². The summed E-state index contributed by atoms with van der Waals surface area (Å²) in [6.07, 6.45) is -3.32. The zero-order valence-corrected chi connectivity index (χ0v) is 20.6.